The number of carbonyl (C=O) groups excluding carboxylic acids is 3. The lowest BCUT2D eigenvalue weighted by atomic mass is 10.2. The van der Waals surface area contributed by atoms with Crippen LogP contribution in [0.2, 0.25) is 5.02 Å². The zero-order chi connectivity index (χ0) is 24.5. The SMILES string of the molecule is COc1cccc(NC(=O)COc2ccc(C(=O)OCC(=O)Nc3ccc(Cl)cc3C)cc2)c1. The molecule has 0 bridgehead atoms. The van der Waals surface area contributed by atoms with Gasteiger partial charge in [-0.1, -0.05) is 17.7 Å². The van der Waals surface area contributed by atoms with Gasteiger partial charge >= 0.3 is 5.97 Å². The monoisotopic (exact) mass is 482 g/mol. The molecule has 9 heteroatoms. The van der Waals surface area contributed by atoms with Crippen molar-refractivity contribution >= 4 is 40.8 Å². The second-order valence-corrected chi connectivity index (χ2v) is 7.61. The van der Waals surface area contributed by atoms with Crippen molar-refractivity contribution in [3.63, 3.8) is 0 Å². The highest BCUT2D eigenvalue weighted by Gasteiger charge is 2.12. The molecule has 8 nitrogen and oxygen atoms in total. The summed E-state index contributed by atoms with van der Waals surface area (Å²) in [4.78, 5) is 36.4. The Balaban J connectivity index is 1.44. The quantitative estimate of drug-likeness (QED) is 0.436. The minimum atomic E-state index is -0.662. The molecule has 34 heavy (non-hydrogen) atoms. The molecule has 0 heterocycles. The van der Waals surface area contributed by atoms with Crippen molar-refractivity contribution in [1.29, 1.82) is 0 Å². The Morgan fingerprint density at radius 1 is 0.853 bits per heavy atom. The predicted octanol–water partition coefficient (Wildman–Crippen LogP) is 4.47. The molecule has 0 unspecified atom stereocenters. The van der Waals surface area contributed by atoms with Gasteiger partial charge < -0.3 is 24.8 Å². The maximum atomic E-state index is 12.2. The van der Waals surface area contributed by atoms with Crippen LogP contribution < -0.4 is 20.1 Å². The number of halogens is 1. The van der Waals surface area contributed by atoms with Crippen LogP contribution in [-0.2, 0) is 14.3 Å². The molecule has 3 rings (SSSR count). The van der Waals surface area contributed by atoms with E-state index in [9.17, 15) is 14.4 Å². The standard InChI is InChI=1S/C25H23ClN2O6/c1-16-12-18(26)8-11-22(16)28-24(30)15-34-25(31)17-6-9-20(10-7-17)33-14-23(29)27-19-4-3-5-21(13-19)32-2/h3-13H,14-15H2,1-2H3,(H,27,29)(H,28,30). The summed E-state index contributed by atoms with van der Waals surface area (Å²) in [7, 11) is 1.54. The second-order valence-electron chi connectivity index (χ2n) is 7.18. The van der Waals surface area contributed by atoms with Crippen molar-refractivity contribution in [1.82, 2.24) is 0 Å². The highest BCUT2D eigenvalue weighted by molar-refractivity contribution is 6.30. The number of aryl methyl sites for hydroxylation is 1. The normalized spacial score (nSPS) is 10.2. The number of ether oxygens (including phenoxy) is 3. The van der Waals surface area contributed by atoms with Gasteiger partial charge in [0.25, 0.3) is 11.8 Å². The topological polar surface area (TPSA) is 103 Å². The van der Waals surface area contributed by atoms with Gasteiger partial charge in [-0.2, -0.15) is 0 Å². The zero-order valence-corrected chi connectivity index (χ0v) is 19.3. The molecular formula is C25H23ClN2O6. The highest BCUT2D eigenvalue weighted by atomic mass is 35.5. The minimum Gasteiger partial charge on any atom is -0.497 e. The molecule has 0 fully saturated rings. The first-order chi connectivity index (χ1) is 16.3. The fourth-order valence-corrected chi connectivity index (χ4v) is 3.13. The third-order valence-electron chi connectivity index (χ3n) is 4.61. The molecule has 0 aromatic heterocycles. The van der Waals surface area contributed by atoms with Crippen LogP contribution in [0.1, 0.15) is 15.9 Å². The Labute approximate surface area is 201 Å². The van der Waals surface area contributed by atoms with Gasteiger partial charge in [-0.3, -0.25) is 9.59 Å². The molecule has 3 aromatic rings. The minimum absolute atomic E-state index is 0.217. The van der Waals surface area contributed by atoms with E-state index in [1.165, 1.54) is 24.3 Å². The van der Waals surface area contributed by atoms with Crippen LogP contribution in [-0.4, -0.2) is 38.1 Å². The number of hydrogen-bond acceptors (Lipinski definition) is 6. The number of carbonyl (C=O) groups is 3. The van der Waals surface area contributed by atoms with Crippen LogP contribution in [0.5, 0.6) is 11.5 Å². The number of benzene rings is 3. The Hall–Kier alpha value is -4.04. The van der Waals surface area contributed by atoms with E-state index in [-0.39, 0.29) is 18.1 Å². The van der Waals surface area contributed by atoms with Crippen LogP contribution in [0.3, 0.4) is 0 Å². The van der Waals surface area contributed by atoms with Crippen LogP contribution in [0.15, 0.2) is 66.7 Å². The molecule has 0 spiro atoms. The van der Waals surface area contributed by atoms with Gasteiger partial charge in [-0.15, -0.1) is 0 Å². The van der Waals surface area contributed by atoms with E-state index in [0.29, 0.717) is 27.9 Å². The summed E-state index contributed by atoms with van der Waals surface area (Å²) >= 11 is 5.90. The number of nitrogens with one attached hydrogen (secondary N) is 2. The first-order valence-corrected chi connectivity index (χ1v) is 10.6. The number of anilines is 2. The van der Waals surface area contributed by atoms with Crippen LogP contribution in [0.25, 0.3) is 0 Å². The average Bonchev–Trinajstić information content (AvgIpc) is 2.83. The summed E-state index contributed by atoms with van der Waals surface area (Å²) in [6.07, 6.45) is 0. The van der Waals surface area contributed by atoms with E-state index >= 15 is 0 Å². The van der Waals surface area contributed by atoms with Crippen LogP contribution >= 0.6 is 11.6 Å². The number of hydrogen-bond donors (Lipinski definition) is 2. The van der Waals surface area contributed by atoms with E-state index < -0.39 is 18.5 Å². The van der Waals surface area contributed by atoms with Crippen molar-refractivity contribution < 1.29 is 28.6 Å². The van der Waals surface area contributed by atoms with Gasteiger partial charge in [0, 0.05) is 22.5 Å². The van der Waals surface area contributed by atoms with E-state index in [1.807, 2.05) is 0 Å². The van der Waals surface area contributed by atoms with Gasteiger partial charge in [0.05, 0.1) is 12.7 Å². The Morgan fingerprint density at radius 3 is 2.29 bits per heavy atom. The first-order valence-electron chi connectivity index (χ1n) is 10.2. The lowest BCUT2D eigenvalue weighted by Crippen LogP contribution is -2.21. The van der Waals surface area contributed by atoms with Gasteiger partial charge in [-0.05, 0) is 67.1 Å². The molecule has 0 aliphatic rings. The lowest BCUT2D eigenvalue weighted by molar-refractivity contribution is -0.119. The van der Waals surface area contributed by atoms with E-state index in [2.05, 4.69) is 10.6 Å². The summed E-state index contributed by atoms with van der Waals surface area (Å²) in [6.45, 7) is 1.15. The largest absolute Gasteiger partial charge is 0.497 e. The van der Waals surface area contributed by atoms with E-state index in [4.69, 9.17) is 25.8 Å². The molecule has 2 amide bonds. The van der Waals surface area contributed by atoms with Crippen molar-refractivity contribution in [3.05, 3.63) is 82.9 Å². The number of esters is 1. The maximum Gasteiger partial charge on any atom is 0.338 e. The summed E-state index contributed by atoms with van der Waals surface area (Å²) in [5.41, 5.74) is 2.20. The molecule has 0 saturated heterocycles. The summed E-state index contributed by atoms with van der Waals surface area (Å²) in [5.74, 6) is -0.461. The van der Waals surface area contributed by atoms with Gasteiger partial charge in [-0.25, -0.2) is 4.79 Å². The van der Waals surface area contributed by atoms with Crippen LogP contribution in [0.4, 0.5) is 11.4 Å². The third kappa shape index (κ3) is 7.25. The molecular weight excluding hydrogens is 460 g/mol. The number of methoxy groups -OCH3 is 1. The Bertz CT molecular complexity index is 1180. The predicted molar refractivity (Wildman–Crippen MR) is 129 cm³/mol. The molecule has 176 valence electrons. The number of rotatable bonds is 9. The molecule has 0 saturated carbocycles. The molecule has 0 aliphatic carbocycles. The van der Waals surface area contributed by atoms with Gasteiger partial charge in [0.2, 0.25) is 0 Å². The van der Waals surface area contributed by atoms with Crippen LogP contribution in [0, 0.1) is 6.92 Å². The van der Waals surface area contributed by atoms with Crippen molar-refractivity contribution in [3.8, 4) is 11.5 Å². The van der Waals surface area contributed by atoms with E-state index in [0.717, 1.165) is 5.56 Å². The van der Waals surface area contributed by atoms with E-state index in [1.54, 1.807) is 56.5 Å². The smallest absolute Gasteiger partial charge is 0.338 e. The lowest BCUT2D eigenvalue weighted by Gasteiger charge is -2.10. The molecule has 3 aromatic carbocycles. The zero-order valence-electron chi connectivity index (χ0n) is 18.6. The third-order valence-corrected chi connectivity index (χ3v) is 4.85. The number of amides is 2. The molecule has 2 N–H and O–H groups in total. The highest BCUT2D eigenvalue weighted by Crippen LogP contribution is 2.20. The fourth-order valence-electron chi connectivity index (χ4n) is 2.90. The molecule has 0 aliphatic heterocycles. The Morgan fingerprint density at radius 2 is 1.59 bits per heavy atom. The molecule has 0 atom stereocenters. The first kappa shape index (κ1) is 24.6. The second kappa shape index (κ2) is 11.7. The Kier molecular flexibility index (Phi) is 8.48. The maximum absolute atomic E-state index is 12.2. The van der Waals surface area contributed by atoms with Gasteiger partial charge in [0.15, 0.2) is 13.2 Å². The summed E-state index contributed by atoms with van der Waals surface area (Å²) in [5, 5.41) is 5.93. The fraction of sp³-hybridized carbons (Fsp3) is 0.160. The van der Waals surface area contributed by atoms with Crippen molar-refractivity contribution in [2.75, 3.05) is 31.0 Å². The summed E-state index contributed by atoms with van der Waals surface area (Å²) < 4.78 is 15.6. The van der Waals surface area contributed by atoms with Crippen molar-refractivity contribution in [2.45, 2.75) is 6.92 Å². The van der Waals surface area contributed by atoms with Gasteiger partial charge in [0.1, 0.15) is 11.5 Å². The average molecular weight is 483 g/mol. The summed E-state index contributed by atoms with van der Waals surface area (Å²) in [6, 6.07) is 18.0. The van der Waals surface area contributed by atoms with Crippen molar-refractivity contribution in [2.24, 2.45) is 0 Å². The molecule has 0 radical (unpaired) electrons.